The second-order valence-electron chi connectivity index (χ2n) is 12.0. The highest BCUT2D eigenvalue weighted by atomic mass is 19.4. The number of alkyl halides is 3. The van der Waals surface area contributed by atoms with Gasteiger partial charge in [0.15, 0.2) is 5.60 Å². The standard InChI is InChI=1S/C32H41F3N2O3/c33-32(34,35)31(39)16-15-30(22-24-9-4-3-5-10-24)26(23-31)12-11-25-21-27(13-14-28(25)30)40-29(38)36-17-8-20-37-18-6-1-2-7-19-37/h3-5,9-10,13-14,21,26,39H,1-2,6-8,11-12,15-20,22-23H2,(H,36,38)/t26?,30-,31+/m0/s1. The molecule has 40 heavy (non-hydrogen) atoms. The lowest BCUT2D eigenvalue weighted by Crippen LogP contribution is -2.56. The van der Waals surface area contributed by atoms with E-state index in [1.807, 2.05) is 42.5 Å². The summed E-state index contributed by atoms with van der Waals surface area (Å²) in [6.45, 7) is 3.76. The number of likely N-dealkylation sites (tertiary alicyclic amines) is 1. The van der Waals surface area contributed by atoms with Crippen molar-refractivity contribution >= 4 is 6.09 Å². The molecule has 2 aromatic rings. The van der Waals surface area contributed by atoms with E-state index in [9.17, 15) is 23.1 Å². The number of ether oxygens (including phenoxy) is 1. The number of carbonyl (C=O) groups excluding carboxylic acids is 1. The Morgan fingerprint density at radius 2 is 1.80 bits per heavy atom. The zero-order chi connectivity index (χ0) is 28.2. The number of nitrogens with zero attached hydrogens (tertiary/aromatic N) is 1. The molecule has 0 spiro atoms. The van der Waals surface area contributed by atoms with Gasteiger partial charge in [0.25, 0.3) is 0 Å². The molecule has 1 unspecified atom stereocenters. The zero-order valence-electron chi connectivity index (χ0n) is 23.1. The molecule has 2 N–H and O–H groups in total. The van der Waals surface area contributed by atoms with Gasteiger partial charge >= 0.3 is 12.3 Å². The van der Waals surface area contributed by atoms with Crippen molar-refractivity contribution in [3.8, 4) is 5.75 Å². The molecule has 8 heteroatoms. The third-order valence-electron chi connectivity index (χ3n) is 9.45. The number of benzene rings is 2. The van der Waals surface area contributed by atoms with E-state index in [2.05, 4.69) is 10.2 Å². The fourth-order valence-corrected chi connectivity index (χ4v) is 7.27. The molecule has 1 heterocycles. The zero-order valence-corrected chi connectivity index (χ0v) is 23.1. The highest BCUT2D eigenvalue weighted by molar-refractivity contribution is 5.70. The molecule has 1 aliphatic heterocycles. The average Bonchev–Trinajstić information content (AvgIpc) is 3.20. The summed E-state index contributed by atoms with van der Waals surface area (Å²) in [6.07, 6.45) is 2.17. The van der Waals surface area contributed by atoms with Gasteiger partial charge in [-0.25, -0.2) is 4.79 Å². The maximum Gasteiger partial charge on any atom is 0.417 e. The molecule has 218 valence electrons. The number of halogens is 3. The molecule has 2 aromatic carbocycles. The van der Waals surface area contributed by atoms with E-state index in [-0.39, 0.29) is 25.2 Å². The molecule has 0 bridgehead atoms. The van der Waals surface area contributed by atoms with E-state index < -0.39 is 23.3 Å². The highest BCUT2D eigenvalue weighted by Gasteiger charge is 2.61. The van der Waals surface area contributed by atoms with Crippen molar-refractivity contribution in [1.82, 2.24) is 10.2 Å². The van der Waals surface area contributed by atoms with Crippen LogP contribution in [0.3, 0.4) is 0 Å². The quantitative estimate of drug-likeness (QED) is 0.378. The minimum absolute atomic E-state index is 0.243. The molecule has 3 aliphatic rings. The van der Waals surface area contributed by atoms with E-state index >= 15 is 0 Å². The van der Waals surface area contributed by atoms with E-state index in [1.54, 1.807) is 6.07 Å². The minimum atomic E-state index is -4.65. The molecule has 3 atom stereocenters. The van der Waals surface area contributed by atoms with Crippen LogP contribution >= 0.6 is 0 Å². The number of nitrogens with one attached hydrogen (secondary N) is 1. The van der Waals surface area contributed by atoms with E-state index in [0.717, 1.165) is 42.7 Å². The summed E-state index contributed by atoms with van der Waals surface area (Å²) < 4.78 is 47.1. The predicted molar refractivity (Wildman–Crippen MR) is 148 cm³/mol. The van der Waals surface area contributed by atoms with Crippen molar-refractivity contribution in [1.29, 1.82) is 0 Å². The van der Waals surface area contributed by atoms with E-state index in [1.165, 1.54) is 25.7 Å². The van der Waals surface area contributed by atoms with Gasteiger partial charge in [0.05, 0.1) is 0 Å². The molecular formula is C32H41F3N2O3. The van der Waals surface area contributed by atoms with Crippen molar-refractivity contribution in [3.05, 3.63) is 65.2 Å². The van der Waals surface area contributed by atoms with Crippen molar-refractivity contribution < 1.29 is 27.8 Å². The van der Waals surface area contributed by atoms with Gasteiger partial charge in [0.2, 0.25) is 0 Å². The van der Waals surface area contributed by atoms with Crippen LogP contribution in [0.15, 0.2) is 48.5 Å². The SMILES string of the molecule is O=C(NCCCN1CCCCCC1)Oc1ccc2c(c1)CCC1C[C@@](O)(C(F)(F)F)CC[C@@]21Cc1ccccc1. The Bertz CT molecular complexity index is 1150. The molecule has 1 amide bonds. The van der Waals surface area contributed by atoms with Crippen LogP contribution in [0.2, 0.25) is 0 Å². The van der Waals surface area contributed by atoms with Crippen LogP contribution in [0.5, 0.6) is 5.75 Å². The Morgan fingerprint density at radius 1 is 1.05 bits per heavy atom. The topological polar surface area (TPSA) is 61.8 Å². The molecule has 5 rings (SSSR count). The molecular weight excluding hydrogens is 517 g/mol. The summed E-state index contributed by atoms with van der Waals surface area (Å²) in [4.78, 5) is 15.0. The third kappa shape index (κ3) is 6.33. The normalized spacial score (nSPS) is 27.2. The lowest BCUT2D eigenvalue weighted by molar-refractivity contribution is -0.279. The van der Waals surface area contributed by atoms with Crippen LogP contribution in [0.1, 0.15) is 74.5 Å². The Balaban J connectivity index is 1.27. The van der Waals surface area contributed by atoms with E-state index in [0.29, 0.717) is 31.6 Å². The largest absolute Gasteiger partial charge is 0.417 e. The monoisotopic (exact) mass is 558 g/mol. The fourth-order valence-electron chi connectivity index (χ4n) is 7.27. The summed E-state index contributed by atoms with van der Waals surface area (Å²) in [6, 6.07) is 15.4. The second-order valence-corrected chi connectivity index (χ2v) is 12.0. The first-order valence-corrected chi connectivity index (χ1v) is 14.8. The lowest BCUT2D eigenvalue weighted by atomic mass is 9.52. The number of carbonyl (C=O) groups is 1. The summed E-state index contributed by atoms with van der Waals surface area (Å²) in [5.74, 6) is 0.138. The number of rotatable bonds is 7. The second kappa shape index (κ2) is 12.1. The van der Waals surface area contributed by atoms with Crippen LogP contribution in [0.25, 0.3) is 0 Å². The van der Waals surface area contributed by atoms with Gasteiger partial charge in [-0.15, -0.1) is 0 Å². The Morgan fingerprint density at radius 3 is 2.52 bits per heavy atom. The third-order valence-corrected chi connectivity index (χ3v) is 9.45. The number of fused-ring (bicyclic) bond motifs is 3. The van der Waals surface area contributed by atoms with Crippen molar-refractivity contribution in [2.75, 3.05) is 26.2 Å². The first-order chi connectivity index (χ1) is 19.2. The maximum atomic E-state index is 13.8. The Hall–Kier alpha value is -2.58. The fraction of sp³-hybridized carbons (Fsp3) is 0.594. The molecule has 1 saturated heterocycles. The molecule has 2 fully saturated rings. The number of hydrogen-bond donors (Lipinski definition) is 2. The summed E-state index contributed by atoms with van der Waals surface area (Å²) in [5.41, 5.74) is -0.0691. The van der Waals surface area contributed by atoms with Crippen molar-refractivity contribution in [3.63, 3.8) is 0 Å². The first kappa shape index (κ1) is 28.9. The van der Waals surface area contributed by atoms with Gasteiger partial charge in [-0.3, -0.25) is 0 Å². The molecule has 5 nitrogen and oxygen atoms in total. The van der Waals surface area contributed by atoms with Crippen LogP contribution < -0.4 is 10.1 Å². The summed E-state index contributed by atoms with van der Waals surface area (Å²) >= 11 is 0. The number of aryl methyl sites for hydroxylation is 1. The minimum Gasteiger partial charge on any atom is -0.410 e. The van der Waals surface area contributed by atoms with Crippen LogP contribution in [0, 0.1) is 5.92 Å². The van der Waals surface area contributed by atoms with Gasteiger partial charge in [-0.1, -0.05) is 49.2 Å². The lowest BCUT2D eigenvalue weighted by Gasteiger charge is -2.53. The van der Waals surface area contributed by atoms with Gasteiger partial charge < -0.3 is 20.1 Å². The molecule has 1 saturated carbocycles. The highest BCUT2D eigenvalue weighted by Crippen LogP contribution is 2.57. The smallest absolute Gasteiger partial charge is 0.410 e. The number of aliphatic hydroxyl groups is 1. The molecule has 0 aromatic heterocycles. The Labute approximate surface area is 235 Å². The molecule has 2 aliphatic carbocycles. The Kier molecular flexibility index (Phi) is 8.76. The van der Waals surface area contributed by atoms with Crippen molar-refractivity contribution in [2.24, 2.45) is 5.92 Å². The molecule has 0 radical (unpaired) electrons. The van der Waals surface area contributed by atoms with Crippen molar-refractivity contribution in [2.45, 2.75) is 87.8 Å². The average molecular weight is 559 g/mol. The first-order valence-electron chi connectivity index (χ1n) is 14.8. The van der Waals surface area contributed by atoms with Crippen LogP contribution in [0.4, 0.5) is 18.0 Å². The van der Waals surface area contributed by atoms with Crippen LogP contribution in [-0.2, 0) is 18.3 Å². The summed E-state index contributed by atoms with van der Waals surface area (Å²) in [7, 11) is 0. The van der Waals surface area contributed by atoms with E-state index in [4.69, 9.17) is 4.74 Å². The van der Waals surface area contributed by atoms with Gasteiger partial charge in [0, 0.05) is 12.0 Å². The maximum absolute atomic E-state index is 13.8. The number of hydrogen-bond acceptors (Lipinski definition) is 4. The van der Waals surface area contributed by atoms with Gasteiger partial charge in [-0.05, 0) is 112 Å². The summed E-state index contributed by atoms with van der Waals surface area (Å²) in [5, 5.41) is 13.5. The van der Waals surface area contributed by atoms with Gasteiger partial charge in [-0.2, -0.15) is 13.2 Å². The number of amides is 1. The predicted octanol–water partition coefficient (Wildman–Crippen LogP) is 6.56. The van der Waals surface area contributed by atoms with Crippen LogP contribution in [-0.4, -0.2) is 54.1 Å². The van der Waals surface area contributed by atoms with Gasteiger partial charge in [0.1, 0.15) is 5.75 Å².